The number of rotatable bonds is 8. The van der Waals surface area contributed by atoms with Gasteiger partial charge < -0.3 is 29.7 Å². The number of nitrogens with zero attached hydrogens (tertiary/aromatic N) is 3. The summed E-state index contributed by atoms with van der Waals surface area (Å²) in [7, 11) is 1.27. The standard InChI is InChI=1S/C41H43ClF2N6O7/c1-40(2,3)57-39(55)50-21-41(43,44)18-29(50)36-47-33(35(42)48-36)25-11-7-23(8-12-25)22-5-9-24(10-6-22)31(52)19-45-37(53)27-17-30(51)32-28(46-38(54)56-4)14-13-26-15-16-49(20-27)34(26)32/h5-12,15-16,27-29,32H,13-14,17-21H2,1-4H3,(H,45,53)(H,46,54)(H,47,48)/t27-,28-,29-,32?/m0/s1. The Morgan fingerprint density at radius 1 is 1.02 bits per heavy atom. The van der Waals surface area contributed by atoms with Gasteiger partial charge in [0.15, 0.2) is 10.9 Å². The molecule has 4 atom stereocenters. The summed E-state index contributed by atoms with van der Waals surface area (Å²) in [6.07, 6.45) is 0.991. The van der Waals surface area contributed by atoms with Crippen LogP contribution >= 0.6 is 11.6 Å². The first-order valence-electron chi connectivity index (χ1n) is 18.7. The normalized spacial score (nSPS) is 21.3. The Kier molecular flexibility index (Phi) is 10.7. The molecule has 1 unspecified atom stereocenters. The van der Waals surface area contributed by atoms with Crippen molar-refractivity contribution in [2.24, 2.45) is 5.92 Å². The van der Waals surface area contributed by atoms with E-state index in [2.05, 4.69) is 20.6 Å². The molecule has 57 heavy (non-hydrogen) atoms. The molecule has 300 valence electrons. The number of Topliss-reactive ketones (excluding diaryl/α,β-unsaturated/α-hetero) is 2. The van der Waals surface area contributed by atoms with Crippen LogP contribution < -0.4 is 10.6 Å². The highest BCUT2D eigenvalue weighted by Gasteiger charge is 2.50. The number of aromatic amines is 1. The lowest BCUT2D eigenvalue weighted by Crippen LogP contribution is -2.45. The Bertz CT molecular complexity index is 2210. The number of carbonyl (C=O) groups is 5. The van der Waals surface area contributed by atoms with Crippen LogP contribution in [0.15, 0.2) is 60.8 Å². The van der Waals surface area contributed by atoms with E-state index in [9.17, 15) is 32.8 Å². The number of hydrogen-bond donors (Lipinski definition) is 3. The predicted molar refractivity (Wildman–Crippen MR) is 205 cm³/mol. The van der Waals surface area contributed by atoms with Crippen molar-refractivity contribution in [1.29, 1.82) is 0 Å². The number of halogens is 3. The first kappa shape index (κ1) is 39.7. The molecule has 0 radical (unpaired) electrons. The number of H-pyrrole nitrogens is 1. The maximum Gasteiger partial charge on any atom is 0.411 e. The van der Waals surface area contributed by atoms with Crippen molar-refractivity contribution >= 4 is 41.3 Å². The molecule has 4 heterocycles. The predicted octanol–water partition coefficient (Wildman–Crippen LogP) is 6.86. The molecule has 0 spiro atoms. The summed E-state index contributed by atoms with van der Waals surface area (Å²) in [4.78, 5) is 73.2. The molecule has 16 heteroatoms. The van der Waals surface area contributed by atoms with E-state index in [1.54, 1.807) is 57.2 Å². The minimum Gasteiger partial charge on any atom is -0.453 e. The lowest BCUT2D eigenvalue weighted by Gasteiger charge is -2.31. The van der Waals surface area contributed by atoms with E-state index in [-0.39, 0.29) is 42.1 Å². The van der Waals surface area contributed by atoms with Gasteiger partial charge in [0.05, 0.1) is 43.8 Å². The second kappa shape index (κ2) is 15.4. The van der Waals surface area contributed by atoms with Crippen LogP contribution in [0.4, 0.5) is 18.4 Å². The second-order valence-corrected chi connectivity index (χ2v) is 16.1. The van der Waals surface area contributed by atoms with Crippen LogP contribution in [-0.4, -0.2) is 86.9 Å². The number of amides is 3. The summed E-state index contributed by atoms with van der Waals surface area (Å²) in [5, 5.41) is 5.58. The first-order valence-corrected chi connectivity index (χ1v) is 19.1. The van der Waals surface area contributed by atoms with E-state index in [1.165, 1.54) is 7.11 Å². The molecule has 13 nitrogen and oxygen atoms in total. The second-order valence-electron chi connectivity index (χ2n) is 15.8. The zero-order chi connectivity index (χ0) is 40.8. The van der Waals surface area contributed by atoms with Gasteiger partial charge in [0, 0.05) is 48.4 Å². The summed E-state index contributed by atoms with van der Waals surface area (Å²) in [5.74, 6) is -5.14. The Balaban J connectivity index is 0.972. The minimum absolute atomic E-state index is 0.0292. The van der Waals surface area contributed by atoms with Crippen LogP contribution in [0.2, 0.25) is 5.15 Å². The third kappa shape index (κ3) is 8.43. The van der Waals surface area contributed by atoms with Gasteiger partial charge in [-0.2, -0.15) is 0 Å². The van der Waals surface area contributed by atoms with Crippen LogP contribution in [0.1, 0.15) is 79.4 Å². The average Bonchev–Trinajstić information content (AvgIpc) is 3.83. The third-order valence-electron chi connectivity index (χ3n) is 10.6. The zero-order valence-electron chi connectivity index (χ0n) is 31.9. The van der Waals surface area contributed by atoms with Crippen LogP contribution in [0.3, 0.4) is 0 Å². The highest BCUT2D eigenvalue weighted by molar-refractivity contribution is 6.32. The molecule has 3 aliphatic rings. The van der Waals surface area contributed by atoms with Gasteiger partial charge in [-0.25, -0.2) is 23.4 Å². The van der Waals surface area contributed by atoms with Crippen molar-refractivity contribution in [3.63, 3.8) is 0 Å². The van der Waals surface area contributed by atoms with Gasteiger partial charge in [-0.15, -0.1) is 0 Å². The van der Waals surface area contributed by atoms with E-state index >= 15 is 0 Å². The van der Waals surface area contributed by atoms with Crippen LogP contribution in [0.5, 0.6) is 0 Å². The SMILES string of the molecule is COC(=O)N[C@H]1CCc2ccn3c2C1C(=O)C[C@H](C(=O)NCC(=O)c1ccc(-c2ccc(-c4[nH]c([C@@H]5CC(F)(F)CN5C(=O)OC(C)(C)C)nc4Cl)cc2)cc1)C3. The molecule has 2 aliphatic heterocycles. The number of hydrogen-bond acceptors (Lipinski definition) is 8. The van der Waals surface area contributed by atoms with Gasteiger partial charge in [0.2, 0.25) is 5.91 Å². The average molecular weight is 805 g/mol. The lowest BCUT2D eigenvalue weighted by atomic mass is 9.79. The fraction of sp³-hybridized carbons (Fsp3) is 0.415. The molecule has 0 saturated carbocycles. The number of ketones is 2. The lowest BCUT2D eigenvalue weighted by molar-refractivity contribution is -0.130. The number of benzene rings is 2. The molecule has 1 saturated heterocycles. The highest BCUT2D eigenvalue weighted by Crippen LogP contribution is 2.43. The van der Waals surface area contributed by atoms with Gasteiger partial charge in [-0.1, -0.05) is 60.1 Å². The van der Waals surface area contributed by atoms with Crippen LogP contribution in [0.25, 0.3) is 22.4 Å². The van der Waals surface area contributed by atoms with Crippen molar-refractivity contribution < 1.29 is 42.2 Å². The Labute approximate surface area is 332 Å². The zero-order valence-corrected chi connectivity index (χ0v) is 32.6. The maximum atomic E-state index is 14.5. The number of ether oxygens (including phenoxy) is 2. The van der Waals surface area contributed by atoms with E-state index in [1.807, 2.05) is 29.0 Å². The Morgan fingerprint density at radius 3 is 2.35 bits per heavy atom. The number of imidazole rings is 1. The topological polar surface area (TPSA) is 165 Å². The molecule has 4 aromatic rings. The number of alkyl halides is 2. The number of nitrogens with one attached hydrogen (secondary N) is 3. The Morgan fingerprint density at radius 2 is 1.68 bits per heavy atom. The summed E-state index contributed by atoms with van der Waals surface area (Å²) >= 11 is 6.47. The van der Waals surface area contributed by atoms with E-state index in [0.29, 0.717) is 29.7 Å². The van der Waals surface area contributed by atoms with E-state index < -0.39 is 66.5 Å². The monoisotopic (exact) mass is 804 g/mol. The van der Waals surface area contributed by atoms with E-state index in [4.69, 9.17) is 21.1 Å². The Hall–Kier alpha value is -5.57. The molecule has 3 N–H and O–H groups in total. The number of likely N-dealkylation sites (tertiary alicyclic amines) is 1. The first-order chi connectivity index (χ1) is 27.0. The summed E-state index contributed by atoms with van der Waals surface area (Å²) in [6, 6.07) is 14.6. The third-order valence-corrected chi connectivity index (χ3v) is 10.9. The van der Waals surface area contributed by atoms with Crippen molar-refractivity contribution in [3.05, 3.63) is 88.6 Å². The van der Waals surface area contributed by atoms with Crippen molar-refractivity contribution in [3.8, 4) is 22.4 Å². The molecular formula is C41H43ClF2N6O7. The van der Waals surface area contributed by atoms with Crippen molar-refractivity contribution in [1.82, 2.24) is 30.1 Å². The van der Waals surface area contributed by atoms with Gasteiger partial charge in [-0.05, 0) is 56.4 Å². The van der Waals surface area contributed by atoms with Gasteiger partial charge in [0.25, 0.3) is 5.92 Å². The minimum atomic E-state index is -3.13. The highest BCUT2D eigenvalue weighted by atomic mass is 35.5. The van der Waals surface area contributed by atoms with Gasteiger partial charge >= 0.3 is 12.2 Å². The largest absolute Gasteiger partial charge is 0.453 e. The van der Waals surface area contributed by atoms with Crippen LogP contribution in [-0.2, 0) is 32.0 Å². The van der Waals surface area contributed by atoms with Gasteiger partial charge in [0.1, 0.15) is 17.2 Å². The number of aryl methyl sites for hydroxylation is 1. The molecule has 1 fully saturated rings. The van der Waals surface area contributed by atoms with Crippen molar-refractivity contribution in [2.45, 2.75) is 82.5 Å². The number of methoxy groups -OCH3 is 1. The quantitative estimate of drug-likeness (QED) is 0.163. The molecule has 2 aromatic carbocycles. The fourth-order valence-corrected chi connectivity index (χ4v) is 8.17. The molecule has 2 aromatic heterocycles. The summed E-state index contributed by atoms with van der Waals surface area (Å²) < 4.78 is 41.1. The number of alkyl carbamates (subject to hydrolysis) is 1. The summed E-state index contributed by atoms with van der Waals surface area (Å²) in [5.41, 5.74) is 4.05. The van der Waals surface area contributed by atoms with E-state index in [0.717, 1.165) is 27.3 Å². The van der Waals surface area contributed by atoms with Crippen molar-refractivity contribution in [2.75, 3.05) is 20.2 Å². The molecule has 3 amide bonds. The number of carbonyl (C=O) groups excluding carboxylic acids is 5. The maximum absolute atomic E-state index is 14.5. The number of aromatic nitrogens is 3. The molecule has 0 bridgehead atoms. The molecule has 7 rings (SSSR count). The van der Waals surface area contributed by atoms with Gasteiger partial charge in [-0.3, -0.25) is 19.3 Å². The van der Waals surface area contributed by atoms with Crippen LogP contribution in [0, 0.1) is 5.92 Å². The smallest absolute Gasteiger partial charge is 0.411 e. The summed E-state index contributed by atoms with van der Waals surface area (Å²) in [6.45, 7) is 4.21. The molecular weight excluding hydrogens is 762 g/mol. The fourth-order valence-electron chi connectivity index (χ4n) is 7.92. The molecule has 1 aliphatic carbocycles.